The number of rotatable bonds is 13. The zero-order valence-corrected chi connectivity index (χ0v) is 21.0. The van der Waals surface area contributed by atoms with E-state index in [-0.39, 0.29) is 12.3 Å². The summed E-state index contributed by atoms with van der Waals surface area (Å²) in [6, 6.07) is 3.44. The van der Waals surface area contributed by atoms with E-state index in [0.29, 0.717) is 12.1 Å². The van der Waals surface area contributed by atoms with Gasteiger partial charge in [-0.1, -0.05) is 38.0 Å². The Labute approximate surface area is 206 Å². The summed E-state index contributed by atoms with van der Waals surface area (Å²) in [6.07, 6.45) is 2.66. The van der Waals surface area contributed by atoms with Crippen LogP contribution in [0.3, 0.4) is 0 Å². The number of unbranched alkanes of at least 4 members (excludes halogenated alkanes) is 2. The summed E-state index contributed by atoms with van der Waals surface area (Å²) >= 11 is 0. The third-order valence-corrected chi connectivity index (χ3v) is 4.83. The molecule has 0 aliphatic carbocycles. The summed E-state index contributed by atoms with van der Waals surface area (Å²) in [5, 5.41) is 15.2. The van der Waals surface area contributed by atoms with E-state index >= 15 is 0 Å². The van der Waals surface area contributed by atoms with Gasteiger partial charge in [0.25, 0.3) is 0 Å². The molecule has 0 saturated carbocycles. The van der Waals surface area contributed by atoms with Crippen molar-refractivity contribution in [3.05, 3.63) is 42.5 Å². The molecule has 0 heterocycles. The van der Waals surface area contributed by atoms with Crippen LogP contribution in [0.2, 0.25) is 0 Å². The highest BCUT2D eigenvalue weighted by Gasteiger charge is 2.36. The molecule has 194 valence electrons. The van der Waals surface area contributed by atoms with E-state index in [0.717, 1.165) is 19.3 Å². The number of carbonyl (C=O) groups is 4. The molecule has 2 atom stereocenters. The fourth-order valence-electron chi connectivity index (χ4n) is 3.36. The van der Waals surface area contributed by atoms with E-state index in [1.54, 1.807) is 32.9 Å². The zero-order chi connectivity index (χ0) is 26.6. The summed E-state index contributed by atoms with van der Waals surface area (Å²) < 4.78 is 5.22. The Kier molecular flexibility index (Phi) is 11.8. The van der Waals surface area contributed by atoms with Gasteiger partial charge in [0.05, 0.1) is 6.42 Å². The Morgan fingerprint density at radius 2 is 1.91 bits per heavy atom. The molecular weight excluding hydrogens is 452 g/mol. The smallest absolute Gasteiger partial charge is 0.408 e. The molecule has 0 fully saturated rings. The second-order valence-electron chi connectivity index (χ2n) is 9.14. The fourth-order valence-corrected chi connectivity index (χ4v) is 3.36. The minimum absolute atomic E-state index is 0.0766. The van der Waals surface area contributed by atoms with Crippen molar-refractivity contribution < 1.29 is 29.0 Å². The highest BCUT2D eigenvalue weighted by molar-refractivity contribution is 5.94. The number of aromatic hydroxyl groups is 1. The first-order valence-electron chi connectivity index (χ1n) is 11.7. The first kappa shape index (κ1) is 29.5. The van der Waals surface area contributed by atoms with Gasteiger partial charge in [0, 0.05) is 13.1 Å². The number of hydrogen-bond acceptors (Lipinski definition) is 6. The van der Waals surface area contributed by atoms with Crippen LogP contribution in [0.15, 0.2) is 36.9 Å². The van der Waals surface area contributed by atoms with E-state index in [2.05, 4.69) is 17.2 Å². The third-order valence-electron chi connectivity index (χ3n) is 4.83. The van der Waals surface area contributed by atoms with Crippen molar-refractivity contribution in [1.82, 2.24) is 15.5 Å². The van der Waals surface area contributed by atoms with Crippen LogP contribution in [0.4, 0.5) is 4.79 Å². The summed E-state index contributed by atoms with van der Waals surface area (Å²) in [6.45, 7) is 11.0. The molecule has 1 rings (SSSR count). The van der Waals surface area contributed by atoms with Gasteiger partial charge in [-0.25, -0.2) is 4.79 Å². The highest BCUT2D eigenvalue weighted by Crippen LogP contribution is 2.26. The van der Waals surface area contributed by atoms with Gasteiger partial charge in [0.1, 0.15) is 23.4 Å². The third kappa shape index (κ3) is 10.5. The molecule has 2 unspecified atom stereocenters. The maximum Gasteiger partial charge on any atom is 0.408 e. The molecule has 0 bridgehead atoms. The molecule has 0 radical (unpaired) electrons. The lowest BCUT2D eigenvalue weighted by Crippen LogP contribution is -2.54. The number of benzene rings is 1. The second kappa shape index (κ2) is 14.0. The van der Waals surface area contributed by atoms with E-state index in [1.165, 1.54) is 23.1 Å². The van der Waals surface area contributed by atoms with Crippen LogP contribution in [-0.4, -0.2) is 58.6 Å². The van der Waals surface area contributed by atoms with Crippen LogP contribution in [-0.2, 0) is 19.1 Å². The Bertz CT molecular complexity index is 896. The Morgan fingerprint density at radius 1 is 1.23 bits per heavy atom. The normalized spacial score (nSPS) is 12.7. The first-order valence-corrected chi connectivity index (χ1v) is 11.7. The average Bonchev–Trinajstić information content (AvgIpc) is 2.74. The molecule has 1 aromatic carbocycles. The van der Waals surface area contributed by atoms with E-state index in [9.17, 15) is 24.3 Å². The number of phenols is 1. The second-order valence-corrected chi connectivity index (χ2v) is 9.14. The van der Waals surface area contributed by atoms with Gasteiger partial charge in [-0.2, -0.15) is 0 Å². The molecule has 0 saturated heterocycles. The van der Waals surface area contributed by atoms with Gasteiger partial charge in [0.15, 0.2) is 0 Å². The van der Waals surface area contributed by atoms with E-state index < -0.39 is 47.9 Å². The van der Waals surface area contributed by atoms with Crippen molar-refractivity contribution in [3.63, 3.8) is 0 Å². The number of nitrogens with two attached hydrogens (primary N) is 1. The Balaban J connectivity index is 3.36. The molecule has 10 nitrogen and oxygen atoms in total. The number of hydrogen-bond donors (Lipinski definition) is 4. The SMILES string of the molecule is C=CCN(C(=O)C(CC(N)=O)NC(=O)OC(C)(C)C)C(C(=O)NCCCCC)c1cccc(O)c1. The molecule has 35 heavy (non-hydrogen) atoms. The van der Waals surface area contributed by atoms with Crippen molar-refractivity contribution in [1.29, 1.82) is 0 Å². The maximum absolute atomic E-state index is 13.6. The number of phenolic OH excluding ortho intramolecular Hbond substituents is 1. The molecule has 0 spiro atoms. The van der Waals surface area contributed by atoms with Gasteiger partial charge in [-0.05, 0) is 44.9 Å². The molecule has 4 amide bonds. The topological polar surface area (TPSA) is 151 Å². The number of ether oxygens (including phenoxy) is 1. The first-order chi connectivity index (χ1) is 16.4. The lowest BCUT2D eigenvalue weighted by Gasteiger charge is -2.33. The molecular formula is C25H38N4O6. The van der Waals surface area contributed by atoms with Gasteiger partial charge >= 0.3 is 6.09 Å². The Hall–Kier alpha value is -3.56. The van der Waals surface area contributed by atoms with Crippen molar-refractivity contribution in [2.45, 2.75) is 71.1 Å². The minimum atomic E-state index is -1.38. The number of alkyl carbamates (subject to hydrolysis) is 1. The van der Waals surface area contributed by atoms with Gasteiger partial charge in [-0.15, -0.1) is 6.58 Å². The Morgan fingerprint density at radius 3 is 2.46 bits per heavy atom. The molecule has 10 heteroatoms. The maximum atomic E-state index is 13.6. The van der Waals surface area contributed by atoms with Crippen LogP contribution in [0, 0.1) is 0 Å². The molecule has 0 aromatic heterocycles. The number of carbonyl (C=O) groups excluding carboxylic acids is 4. The van der Waals surface area contributed by atoms with Crippen LogP contribution in [0.5, 0.6) is 5.75 Å². The van der Waals surface area contributed by atoms with Gasteiger partial charge < -0.3 is 31.1 Å². The monoisotopic (exact) mass is 490 g/mol. The summed E-state index contributed by atoms with van der Waals surface area (Å²) in [5.41, 5.74) is 4.85. The lowest BCUT2D eigenvalue weighted by molar-refractivity contribution is -0.142. The number of primary amides is 1. The lowest BCUT2D eigenvalue weighted by atomic mass is 10.0. The summed E-state index contributed by atoms with van der Waals surface area (Å²) in [7, 11) is 0. The van der Waals surface area contributed by atoms with Gasteiger partial charge in [0.2, 0.25) is 17.7 Å². The quantitative estimate of drug-likeness (QED) is 0.246. The summed E-state index contributed by atoms with van der Waals surface area (Å²) in [5.74, 6) is -2.11. The molecule has 0 aliphatic rings. The predicted octanol–water partition coefficient (Wildman–Crippen LogP) is 2.52. The molecule has 1 aromatic rings. The number of amides is 4. The van der Waals surface area contributed by atoms with Crippen molar-refractivity contribution in [2.24, 2.45) is 5.73 Å². The minimum Gasteiger partial charge on any atom is -0.508 e. The number of nitrogens with zero attached hydrogens (tertiary/aromatic N) is 1. The fraction of sp³-hybridized carbons (Fsp3) is 0.520. The van der Waals surface area contributed by atoms with Crippen LogP contribution < -0.4 is 16.4 Å². The highest BCUT2D eigenvalue weighted by atomic mass is 16.6. The van der Waals surface area contributed by atoms with Crippen molar-refractivity contribution in [3.8, 4) is 5.75 Å². The van der Waals surface area contributed by atoms with Crippen LogP contribution in [0.1, 0.15) is 65.0 Å². The van der Waals surface area contributed by atoms with Crippen molar-refractivity contribution >= 4 is 23.8 Å². The van der Waals surface area contributed by atoms with Gasteiger partial charge in [-0.3, -0.25) is 14.4 Å². The molecule has 5 N–H and O–H groups in total. The standard InChI is InChI=1S/C25H38N4O6/c1-6-8-9-13-27-22(32)21(17-11-10-12-18(30)15-17)29(14-7-2)23(33)19(16-20(26)31)28-24(34)35-25(3,4)5/h7,10-12,15,19,21,30H,2,6,8-9,13-14,16H2,1,3-5H3,(H2,26,31)(H,27,32)(H,28,34). The van der Waals surface area contributed by atoms with Crippen LogP contribution in [0.25, 0.3) is 0 Å². The predicted molar refractivity (Wildman–Crippen MR) is 132 cm³/mol. The van der Waals surface area contributed by atoms with E-state index in [4.69, 9.17) is 10.5 Å². The largest absolute Gasteiger partial charge is 0.508 e. The molecule has 0 aliphatic heterocycles. The average molecular weight is 491 g/mol. The zero-order valence-electron chi connectivity index (χ0n) is 21.0. The summed E-state index contributed by atoms with van der Waals surface area (Å²) in [4.78, 5) is 52.1. The van der Waals surface area contributed by atoms with E-state index in [1.807, 2.05) is 6.92 Å². The number of nitrogens with one attached hydrogen (secondary N) is 2. The van der Waals surface area contributed by atoms with Crippen LogP contribution >= 0.6 is 0 Å². The van der Waals surface area contributed by atoms with Crippen molar-refractivity contribution in [2.75, 3.05) is 13.1 Å².